The van der Waals surface area contributed by atoms with Crippen molar-refractivity contribution >= 4 is 19.8 Å². The Bertz CT molecular complexity index is 860. The molecule has 0 fully saturated rings. The zero-order valence-electron chi connectivity index (χ0n) is 32.4. The Kier molecular flexibility index (Phi) is 31.8. The number of allylic oxidation sites excluding steroid dienone is 2. The van der Waals surface area contributed by atoms with Gasteiger partial charge in [-0.05, 0) is 38.5 Å². The van der Waals surface area contributed by atoms with Gasteiger partial charge in [-0.25, -0.2) is 0 Å². The van der Waals surface area contributed by atoms with Gasteiger partial charge in [-0.15, -0.1) is 0 Å². The second-order valence-corrected chi connectivity index (χ2v) is 16.1. The molecule has 0 aliphatic rings. The van der Waals surface area contributed by atoms with Crippen LogP contribution in [0.25, 0.3) is 0 Å². The normalized spacial score (nSPS) is 13.8. The third-order valence-corrected chi connectivity index (χ3v) is 9.50. The lowest BCUT2D eigenvalue weighted by Crippen LogP contribution is -2.37. The van der Waals surface area contributed by atoms with Crippen LogP contribution in [-0.4, -0.2) is 70.0 Å². The van der Waals surface area contributed by atoms with Gasteiger partial charge >= 0.3 is 11.9 Å². The highest BCUT2D eigenvalue weighted by molar-refractivity contribution is 7.45. The van der Waals surface area contributed by atoms with Crippen LogP contribution >= 0.6 is 7.82 Å². The number of unbranched alkanes of at least 4 members (excludes halogenated alkanes) is 20. The number of nitrogens with zero attached hydrogens (tertiary/aromatic N) is 1. The van der Waals surface area contributed by atoms with Crippen LogP contribution in [0.4, 0.5) is 0 Å². The Morgan fingerprint density at radius 1 is 0.612 bits per heavy atom. The Hall–Kier alpha value is -1.25. The summed E-state index contributed by atoms with van der Waals surface area (Å²) in [4.78, 5) is 37.3. The molecule has 0 spiro atoms. The topological polar surface area (TPSA) is 111 Å². The molecule has 49 heavy (non-hydrogen) atoms. The fourth-order valence-electron chi connectivity index (χ4n) is 5.35. The molecule has 10 heteroatoms. The predicted molar refractivity (Wildman–Crippen MR) is 199 cm³/mol. The van der Waals surface area contributed by atoms with Crippen LogP contribution in [0.3, 0.4) is 0 Å². The molecule has 9 nitrogen and oxygen atoms in total. The van der Waals surface area contributed by atoms with E-state index in [0.29, 0.717) is 17.4 Å². The van der Waals surface area contributed by atoms with Crippen molar-refractivity contribution in [3.63, 3.8) is 0 Å². The summed E-state index contributed by atoms with van der Waals surface area (Å²) >= 11 is 0. The lowest BCUT2D eigenvalue weighted by molar-refractivity contribution is -0.870. The SMILES string of the molecule is CCCCCCCC/C=C\CCCCCC(=O)OC(COC(=O)CCCCCCCCCCCCCC)COP(=O)([O-])OCC[N+](C)(C)C. The van der Waals surface area contributed by atoms with Crippen LogP contribution in [0, 0.1) is 0 Å². The fraction of sp³-hybridized carbons (Fsp3) is 0.897. The van der Waals surface area contributed by atoms with Crippen LogP contribution in [0.1, 0.15) is 174 Å². The van der Waals surface area contributed by atoms with Crippen molar-refractivity contribution in [1.29, 1.82) is 0 Å². The van der Waals surface area contributed by atoms with E-state index in [1.807, 2.05) is 21.1 Å². The molecule has 0 amide bonds. The maximum absolute atomic E-state index is 12.6. The summed E-state index contributed by atoms with van der Waals surface area (Å²) < 4.78 is 33.7. The van der Waals surface area contributed by atoms with Gasteiger partial charge in [-0.2, -0.15) is 0 Å². The molecule has 2 unspecified atom stereocenters. The molecule has 0 heterocycles. The minimum absolute atomic E-state index is 0.0308. The molecule has 0 aromatic rings. The lowest BCUT2D eigenvalue weighted by atomic mass is 10.0. The standard InChI is InChI=1S/C39H76NO8P/c1-6-8-10-12-14-16-18-20-22-24-26-28-30-32-39(42)48-37(36-47-49(43,44)46-34-33-40(3,4)5)35-45-38(41)31-29-27-25-23-21-19-17-15-13-11-9-7-2/h20,22,37H,6-19,21,23-36H2,1-5H3/b22-20-. The van der Waals surface area contributed by atoms with E-state index in [2.05, 4.69) is 26.0 Å². The lowest BCUT2D eigenvalue weighted by Gasteiger charge is -2.28. The molecule has 0 saturated carbocycles. The van der Waals surface area contributed by atoms with Gasteiger partial charge in [0.2, 0.25) is 0 Å². The number of hydrogen-bond donors (Lipinski definition) is 0. The van der Waals surface area contributed by atoms with E-state index >= 15 is 0 Å². The minimum atomic E-state index is -4.62. The zero-order chi connectivity index (χ0) is 36.5. The summed E-state index contributed by atoms with van der Waals surface area (Å²) in [5, 5.41) is 0. The first kappa shape index (κ1) is 47.8. The molecule has 0 rings (SSSR count). The van der Waals surface area contributed by atoms with Crippen molar-refractivity contribution in [3.8, 4) is 0 Å². The molecule has 0 bridgehead atoms. The Morgan fingerprint density at radius 2 is 1.04 bits per heavy atom. The van der Waals surface area contributed by atoms with Crippen LogP contribution in [0.5, 0.6) is 0 Å². The molecule has 2 atom stereocenters. The summed E-state index contributed by atoms with van der Waals surface area (Å²) in [6.07, 6.45) is 30.9. The van der Waals surface area contributed by atoms with Crippen molar-refractivity contribution in [1.82, 2.24) is 0 Å². The van der Waals surface area contributed by atoms with Gasteiger partial charge < -0.3 is 27.9 Å². The van der Waals surface area contributed by atoms with Gasteiger partial charge in [0.1, 0.15) is 19.8 Å². The van der Waals surface area contributed by atoms with Crippen molar-refractivity contribution in [2.45, 2.75) is 180 Å². The summed E-state index contributed by atoms with van der Waals surface area (Å²) in [7, 11) is 1.16. The molecule has 290 valence electrons. The molecular formula is C39H76NO8P. The molecule has 0 aromatic carbocycles. The third kappa shape index (κ3) is 36.3. The average Bonchev–Trinajstić information content (AvgIpc) is 3.04. The number of carbonyl (C=O) groups excluding carboxylic acids is 2. The summed E-state index contributed by atoms with van der Waals surface area (Å²) in [6.45, 7) is 4.19. The third-order valence-electron chi connectivity index (χ3n) is 8.54. The van der Waals surface area contributed by atoms with Crippen molar-refractivity contribution in [2.24, 2.45) is 0 Å². The van der Waals surface area contributed by atoms with Gasteiger partial charge in [0.25, 0.3) is 7.82 Å². The molecular weight excluding hydrogens is 641 g/mol. The van der Waals surface area contributed by atoms with E-state index in [0.717, 1.165) is 44.9 Å². The van der Waals surface area contributed by atoms with Gasteiger partial charge in [-0.1, -0.05) is 135 Å². The first-order valence-electron chi connectivity index (χ1n) is 19.9. The van der Waals surface area contributed by atoms with Gasteiger partial charge in [0.15, 0.2) is 6.10 Å². The highest BCUT2D eigenvalue weighted by Crippen LogP contribution is 2.38. The van der Waals surface area contributed by atoms with Crippen LogP contribution in [0.2, 0.25) is 0 Å². The molecule has 0 saturated heterocycles. The molecule has 0 aromatic heterocycles. The van der Waals surface area contributed by atoms with E-state index in [-0.39, 0.29) is 32.0 Å². The van der Waals surface area contributed by atoms with Gasteiger partial charge in [-0.3, -0.25) is 14.2 Å². The smallest absolute Gasteiger partial charge is 0.306 e. The Balaban J connectivity index is 4.44. The minimum Gasteiger partial charge on any atom is -0.756 e. The molecule has 0 aliphatic carbocycles. The second-order valence-electron chi connectivity index (χ2n) is 14.7. The number of likely N-dealkylation sites (N-methyl/N-ethyl adjacent to an activating group) is 1. The van der Waals surface area contributed by atoms with Crippen molar-refractivity contribution in [3.05, 3.63) is 12.2 Å². The zero-order valence-corrected chi connectivity index (χ0v) is 33.3. The Morgan fingerprint density at radius 3 is 1.53 bits per heavy atom. The highest BCUT2D eigenvalue weighted by Gasteiger charge is 2.21. The fourth-order valence-corrected chi connectivity index (χ4v) is 6.08. The monoisotopic (exact) mass is 718 g/mol. The van der Waals surface area contributed by atoms with Crippen molar-refractivity contribution in [2.75, 3.05) is 47.5 Å². The summed E-state index contributed by atoms with van der Waals surface area (Å²) in [5.41, 5.74) is 0. The number of quaternary nitrogens is 1. The number of carbonyl (C=O) groups is 2. The number of hydrogen-bond acceptors (Lipinski definition) is 8. The second kappa shape index (κ2) is 32.6. The quantitative estimate of drug-likeness (QED) is 0.0207. The van der Waals surface area contributed by atoms with E-state index < -0.39 is 26.5 Å². The first-order chi connectivity index (χ1) is 23.5. The molecule has 0 aliphatic heterocycles. The number of esters is 2. The van der Waals surface area contributed by atoms with Crippen LogP contribution in [0.15, 0.2) is 12.2 Å². The number of phosphoric ester groups is 1. The summed E-state index contributed by atoms with van der Waals surface area (Å²) in [6, 6.07) is 0. The maximum atomic E-state index is 12.6. The van der Waals surface area contributed by atoms with Gasteiger partial charge in [0.05, 0.1) is 27.7 Å². The van der Waals surface area contributed by atoms with Crippen LogP contribution < -0.4 is 4.89 Å². The number of rotatable bonds is 36. The molecule has 0 radical (unpaired) electrons. The van der Waals surface area contributed by atoms with E-state index in [1.54, 1.807) is 0 Å². The van der Waals surface area contributed by atoms with Crippen molar-refractivity contribution < 1.29 is 42.1 Å². The van der Waals surface area contributed by atoms with E-state index in [9.17, 15) is 19.0 Å². The largest absolute Gasteiger partial charge is 0.756 e. The highest BCUT2D eigenvalue weighted by atomic mass is 31.2. The van der Waals surface area contributed by atoms with Crippen LogP contribution in [-0.2, 0) is 32.7 Å². The molecule has 0 N–H and O–H groups in total. The summed E-state index contributed by atoms with van der Waals surface area (Å²) in [5.74, 6) is -0.849. The van der Waals surface area contributed by atoms with Gasteiger partial charge in [0, 0.05) is 12.8 Å². The number of ether oxygens (including phenoxy) is 2. The maximum Gasteiger partial charge on any atom is 0.306 e. The average molecular weight is 718 g/mol. The Labute approximate surface area is 301 Å². The first-order valence-corrected chi connectivity index (χ1v) is 21.4. The predicted octanol–water partition coefficient (Wildman–Crippen LogP) is 10.00. The van der Waals surface area contributed by atoms with E-state index in [1.165, 1.54) is 96.3 Å². The van der Waals surface area contributed by atoms with E-state index in [4.69, 9.17) is 18.5 Å². The number of phosphoric acid groups is 1.